The van der Waals surface area contributed by atoms with Crippen LogP contribution in [0.4, 0.5) is 0 Å². The minimum atomic E-state index is -0.234. The Morgan fingerprint density at radius 3 is 2.24 bits per heavy atom. The van der Waals surface area contributed by atoms with Crippen molar-refractivity contribution in [3.63, 3.8) is 0 Å². The largest absolute Gasteiger partial charge is 0.372 e. The highest BCUT2D eigenvalue weighted by molar-refractivity contribution is 4.91. The van der Waals surface area contributed by atoms with E-state index in [1.54, 1.807) is 0 Å². The van der Waals surface area contributed by atoms with E-state index in [0.29, 0.717) is 24.4 Å². The molecule has 5 nitrogen and oxygen atoms in total. The van der Waals surface area contributed by atoms with Crippen LogP contribution in [-0.2, 0) is 23.7 Å². The van der Waals surface area contributed by atoms with Crippen LogP contribution in [0.5, 0.6) is 0 Å². The van der Waals surface area contributed by atoms with Crippen molar-refractivity contribution in [2.45, 2.75) is 98.0 Å². The zero-order valence-corrected chi connectivity index (χ0v) is 16.8. The molecule has 3 aliphatic rings. The molecule has 0 bridgehead atoms. The second kappa shape index (κ2) is 7.81. The molecule has 3 saturated heterocycles. The maximum absolute atomic E-state index is 6.57. The van der Waals surface area contributed by atoms with E-state index in [9.17, 15) is 0 Å². The number of hydrogen-bond donors (Lipinski definition) is 0. The molecule has 0 aromatic rings. The van der Waals surface area contributed by atoms with Crippen molar-refractivity contribution in [3.05, 3.63) is 0 Å². The van der Waals surface area contributed by atoms with Gasteiger partial charge in [-0.1, -0.05) is 34.6 Å². The lowest BCUT2D eigenvalue weighted by Gasteiger charge is -2.50. The van der Waals surface area contributed by atoms with Crippen molar-refractivity contribution in [2.24, 2.45) is 23.7 Å². The number of ether oxygens (including phenoxy) is 5. The normalized spacial score (nSPS) is 54.1. The highest BCUT2D eigenvalue weighted by Crippen LogP contribution is 2.40. The maximum Gasteiger partial charge on any atom is 0.161 e. The third kappa shape index (κ3) is 3.77. The Morgan fingerprint density at radius 1 is 0.840 bits per heavy atom. The molecular weight excluding hydrogens is 320 g/mol. The molecule has 3 fully saturated rings. The molecule has 5 unspecified atom stereocenters. The fourth-order valence-corrected chi connectivity index (χ4v) is 4.49. The number of rotatable bonds is 3. The molecule has 5 heteroatoms. The summed E-state index contributed by atoms with van der Waals surface area (Å²) in [5, 5.41) is 0. The molecule has 146 valence electrons. The van der Waals surface area contributed by atoms with Gasteiger partial charge in [-0.05, 0) is 38.0 Å². The van der Waals surface area contributed by atoms with Crippen LogP contribution in [0.2, 0.25) is 0 Å². The van der Waals surface area contributed by atoms with Gasteiger partial charge in [-0.3, -0.25) is 0 Å². The summed E-state index contributed by atoms with van der Waals surface area (Å²) in [6.07, 6.45) is 1.06. The summed E-state index contributed by atoms with van der Waals surface area (Å²) in [6, 6.07) is 0. The van der Waals surface area contributed by atoms with E-state index in [2.05, 4.69) is 41.5 Å². The first-order valence-electron chi connectivity index (χ1n) is 10.1. The molecule has 3 heterocycles. The van der Waals surface area contributed by atoms with E-state index >= 15 is 0 Å². The quantitative estimate of drug-likeness (QED) is 0.773. The molecule has 3 aliphatic heterocycles. The highest BCUT2D eigenvalue weighted by atomic mass is 16.7. The van der Waals surface area contributed by atoms with Gasteiger partial charge in [-0.2, -0.15) is 0 Å². The van der Waals surface area contributed by atoms with Crippen LogP contribution in [0.15, 0.2) is 0 Å². The van der Waals surface area contributed by atoms with Crippen LogP contribution in [-0.4, -0.2) is 49.7 Å². The van der Waals surface area contributed by atoms with Crippen LogP contribution in [0.1, 0.15) is 54.9 Å². The Morgan fingerprint density at radius 2 is 1.56 bits per heavy atom. The summed E-state index contributed by atoms with van der Waals surface area (Å²) >= 11 is 0. The van der Waals surface area contributed by atoms with Gasteiger partial charge in [0.25, 0.3) is 0 Å². The number of fused-ring (bicyclic) bond motifs is 1. The number of hydrogen-bond acceptors (Lipinski definition) is 5. The van der Waals surface area contributed by atoms with E-state index in [4.69, 9.17) is 23.7 Å². The van der Waals surface area contributed by atoms with Gasteiger partial charge in [0.1, 0.15) is 6.10 Å². The summed E-state index contributed by atoms with van der Waals surface area (Å²) in [4.78, 5) is 0. The Bertz CT molecular complexity index is 440. The van der Waals surface area contributed by atoms with E-state index in [1.807, 2.05) is 6.92 Å². The van der Waals surface area contributed by atoms with Gasteiger partial charge in [0, 0.05) is 5.92 Å². The fourth-order valence-electron chi connectivity index (χ4n) is 4.49. The summed E-state index contributed by atoms with van der Waals surface area (Å²) in [5.74, 6) is 1.55. The van der Waals surface area contributed by atoms with Crippen LogP contribution in [0.3, 0.4) is 0 Å². The van der Waals surface area contributed by atoms with Crippen LogP contribution >= 0.6 is 0 Å². The Balaban J connectivity index is 1.71. The van der Waals surface area contributed by atoms with Gasteiger partial charge in [-0.25, -0.2) is 0 Å². The van der Waals surface area contributed by atoms with Gasteiger partial charge < -0.3 is 23.7 Å². The molecule has 0 aromatic carbocycles. The first-order chi connectivity index (χ1) is 11.8. The zero-order valence-electron chi connectivity index (χ0n) is 16.8. The molecule has 0 N–H and O–H groups in total. The fraction of sp³-hybridized carbons (Fsp3) is 1.00. The lowest BCUT2D eigenvalue weighted by molar-refractivity contribution is -0.353. The predicted octanol–water partition coefficient (Wildman–Crippen LogP) is 3.60. The highest BCUT2D eigenvalue weighted by Gasteiger charge is 2.48. The molecule has 0 aliphatic carbocycles. The Kier molecular flexibility index (Phi) is 6.11. The molecule has 0 aromatic heterocycles. The lowest BCUT2D eigenvalue weighted by Crippen LogP contribution is -2.59. The average Bonchev–Trinajstić information content (AvgIpc) is 2.60. The van der Waals surface area contributed by atoms with Crippen LogP contribution in [0.25, 0.3) is 0 Å². The third-order valence-electron chi connectivity index (χ3n) is 6.83. The van der Waals surface area contributed by atoms with E-state index in [1.165, 1.54) is 0 Å². The second-order valence-corrected chi connectivity index (χ2v) is 8.37. The smallest absolute Gasteiger partial charge is 0.161 e. The van der Waals surface area contributed by atoms with Gasteiger partial charge in [0.2, 0.25) is 0 Å². The van der Waals surface area contributed by atoms with Gasteiger partial charge in [0.05, 0.1) is 31.0 Å². The van der Waals surface area contributed by atoms with Gasteiger partial charge >= 0.3 is 0 Å². The molecule has 11 atom stereocenters. The molecule has 0 amide bonds. The lowest BCUT2D eigenvalue weighted by atomic mass is 9.80. The van der Waals surface area contributed by atoms with E-state index in [0.717, 1.165) is 6.42 Å². The maximum atomic E-state index is 6.57. The van der Waals surface area contributed by atoms with Crippen molar-refractivity contribution in [2.75, 3.05) is 6.61 Å². The summed E-state index contributed by atoms with van der Waals surface area (Å²) in [7, 11) is 0. The molecular formula is C20H36O5. The van der Waals surface area contributed by atoms with Gasteiger partial charge in [-0.15, -0.1) is 0 Å². The topological polar surface area (TPSA) is 46.2 Å². The van der Waals surface area contributed by atoms with Gasteiger partial charge in [0.15, 0.2) is 12.6 Å². The molecule has 25 heavy (non-hydrogen) atoms. The second-order valence-electron chi connectivity index (χ2n) is 8.37. The summed E-state index contributed by atoms with van der Waals surface area (Å²) < 4.78 is 30.7. The summed E-state index contributed by atoms with van der Waals surface area (Å²) in [5.41, 5.74) is 0. The van der Waals surface area contributed by atoms with Crippen molar-refractivity contribution in [1.82, 2.24) is 0 Å². The van der Waals surface area contributed by atoms with Crippen molar-refractivity contribution in [3.8, 4) is 0 Å². The van der Waals surface area contributed by atoms with Crippen LogP contribution in [0, 0.1) is 23.7 Å². The van der Waals surface area contributed by atoms with Crippen molar-refractivity contribution in [1.29, 1.82) is 0 Å². The summed E-state index contributed by atoms with van der Waals surface area (Å²) in [6.45, 7) is 15.8. The molecule has 0 radical (unpaired) electrons. The minimum Gasteiger partial charge on any atom is -0.372 e. The Hall–Kier alpha value is -0.200. The molecule has 0 spiro atoms. The average molecular weight is 357 g/mol. The molecule has 0 saturated carbocycles. The SMILES string of the molecule is CCC1O[C@@H](C)[C@@H](C)C(C)[C@@H]1O[C@@H]1OC2COC(C)O[C@H]2[C@H](C)C1C. The Labute approximate surface area is 152 Å². The van der Waals surface area contributed by atoms with E-state index in [-0.39, 0.29) is 49.0 Å². The minimum absolute atomic E-state index is 0.0522. The molecule has 3 rings (SSSR count). The predicted molar refractivity (Wildman–Crippen MR) is 95.1 cm³/mol. The standard InChI is InChI=1S/C20H36O5/c1-8-16-18(11(3)10(2)14(6)22-16)25-20-13(5)12(4)19-17(24-20)9-21-15(7)23-19/h10-20H,8-9H2,1-7H3/t10-,11?,12+,13?,14-,15?,16?,17?,18-,19-,20-/m0/s1. The zero-order chi connectivity index (χ0) is 18.3. The van der Waals surface area contributed by atoms with Crippen molar-refractivity contribution >= 4 is 0 Å². The third-order valence-corrected chi connectivity index (χ3v) is 6.83. The first-order valence-corrected chi connectivity index (χ1v) is 10.1. The van der Waals surface area contributed by atoms with Crippen LogP contribution < -0.4 is 0 Å². The van der Waals surface area contributed by atoms with E-state index < -0.39 is 0 Å². The van der Waals surface area contributed by atoms with Crippen molar-refractivity contribution < 1.29 is 23.7 Å². The first kappa shape index (κ1) is 19.6. The monoisotopic (exact) mass is 356 g/mol.